The number of ether oxygens (including phenoxy) is 1. The molecule has 4 rings (SSSR count). The summed E-state index contributed by atoms with van der Waals surface area (Å²) in [6.45, 7) is 3.73. The van der Waals surface area contributed by atoms with Gasteiger partial charge in [0.1, 0.15) is 11.6 Å². The lowest BCUT2D eigenvalue weighted by Crippen LogP contribution is -2.27. The number of amides is 2. The lowest BCUT2D eigenvalue weighted by molar-refractivity contribution is -0.118. The largest absolute Gasteiger partial charge is 0.484 e. The Labute approximate surface area is 220 Å². The van der Waals surface area contributed by atoms with Gasteiger partial charge in [-0.3, -0.25) is 14.5 Å². The molecule has 0 aliphatic carbocycles. The lowest BCUT2D eigenvalue weighted by atomic mass is 10.1. The highest BCUT2D eigenvalue weighted by molar-refractivity contribution is 9.10. The Morgan fingerprint density at radius 3 is 2.37 bits per heavy atom. The van der Waals surface area contributed by atoms with E-state index in [1.54, 1.807) is 30.3 Å². The van der Waals surface area contributed by atoms with Crippen LogP contribution in [0.25, 0.3) is 6.08 Å². The highest BCUT2D eigenvalue weighted by Crippen LogP contribution is 2.36. The number of thiocarbonyl (C=S) groups is 1. The highest BCUT2D eigenvalue weighted by atomic mass is 79.9. The van der Waals surface area contributed by atoms with Gasteiger partial charge in [0, 0.05) is 10.2 Å². The fourth-order valence-corrected chi connectivity index (χ4v) is 5.51. The van der Waals surface area contributed by atoms with Gasteiger partial charge in [0.25, 0.3) is 11.8 Å². The zero-order valence-corrected chi connectivity index (χ0v) is 22.0. The van der Waals surface area contributed by atoms with E-state index in [9.17, 15) is 14.0 Å². The number of aryl methyl sites for hydroxylation is 2. The van der Waals surface area contributed by atoms with Crippen LogP contribution in [0.5, 0.6) is 5.75 Å². The van der Waals surface area contributed by atoms with Crippen LogP contribution < -0.4 is 15.0 Å². The van der Waals surface area contributed by atoms with Crippen molar-refractivity contribution in [2.75, 3.05) is 16.8 Å². The number of thioether (sulfide) groups is 1. The second-order valence-corrected chi connectivity index (χ2v) is 10.4. The maximum atomic E-state index is 13.2. The average Bonchev–Trinajstić information content (AvgIpc) is 3.09. The van der Waals surface area contributed by atoms with Crippen molar-refractivity contribution in [1.82, 2.24) is 0 Å². The molecule has 9 heteroatoms. The molecular formula is C26H20BrFN2O3S2. The van der Waals surface area contributed by atoms with Crippen molar-refractivity contribution >= 4 is 73.5 Å². The van der Waals surface area contributed by atoms with Crippen LogP contribution >= 0.6 is 39.9 Å². The Kier molecular flexibility index (Phi) is 7.69. The molecule has 1 saturated heterocycles. The van der Waals surface area contributed by atoms with Gasteiger partial charge in [-0.2, -0.15) is 0 Å². The van der Waals surface area contributed by atoms with E-state index < -0.39 is 0 Å². The summed E-state index contributed by atoms with van der Waals surface area (Å²) in [5.41, 5.74) is 3.99. The number of benzene rings is 3. The fraction of sp³-hybridized carbons (Fsp3) is 0.115. The molecule has 5 nitrogen and oxygen atoms in total. The number of nitrogens with zero attached hydrogens (tertiary/aromatic N) is 1. The molecule has 1 aliphatic rings. The van der Waals surface area contributed by atoms with E-state index >= 15 is 0 Å². The Balaban J connectivity index is 1.37. The van der Waals surface area contributed by atoms with Crippen LogP contribution in [0.2, 0.25) is 0 Å². The quantitative estimate of drug-likeness (QED) is 0.266. The van der Waals surface area contributed by atoms with Gasteiger partial charge < -0.3 is 10.1 Å². The summed E-state index contributed by atoms with van der Waals surface area (Å²) in [6.07, 6.45) is 1.73. The SMILES string of the molecule is Cc1cc(Br)cc(C)c1NC(=O)COc1ccc(/C=C2\SC(=S)N(c3ccc(F)cc3)C2=O)cc1. The molecule has 1 fully saturated rings. The second kappa shape index (κ2) is 10.7. The molecule has 35 heavy (non-hydrogen) atoms. The number of rotatable bonds is 6. The average molecular weight is 571 g/mol. The molecule has 0 bridgehead atoms. The normalized spacial score (nSPS) is 14.5. The number of carbonyl (C=O) groups is 2. The minimum Gasteiger partial charge on any atom is -0.484 e. The van der Waals surface area contributed by atoms with Crippen LogP contribution in [0, 0.1) is 19.7 Å². The number of nitrogens with one attached hydrogen (secondary N) is 1. The maximum Gasteiger partial charge on any atom is 0.270 e. The summed E-state index contributed by atoms with van der Waals surface area (Å²) < 4.78 is 20.2. The van der Waals surface area contributed by atoms with Gasteiger partial charge in [0.2, 0.25) is 0 Å². The zero-order chi connectivity index (χ0) is 25.1. The first-order chi connectivity index (χ1) is 16.7. The number of hydrogen-bond acceptors (Lipinski definition) is 5. The first-order valence-electron chi connectivity index (χ1n) is 10.5. The molecule has 3 aromatic rings. The van der Waals surface area contributed by atoms with Crippen LogP contribution in [-0.2, 0) is 9.59 Å². The van der Waals surface area contributed by atoms with Gasteiger partial charge in [-0.1, -0.05) is 52.0 Å². The fourth-order valence-electron chi connectivity index (χ4n) is 3.52. The van der Waals surface area contributed by atoms with Gasteiger partial charge in [-0.25, -0.2) is 4.39 Å². The van der Waals surface area contributed by atoms with Crippen LogP contribution in [0.3, 0.4) is 0 Å². The summed E-state index contributed by atoms with van der Waals surface area (Å²) in [7, 11) is 0. The molecule has 0 aromatic heterocycles. The van der Waals surface area contributed by atoms with E-state index in [1.165, 1.54) is 40.9 Å². The summed E-state index contributed by atoms with van der Waals surface area (Å²) in [4.78, 5) is 27.1. The Hall–Kier alpha value is -3.01. The van der Waals surface area contributed by atoms with E-state index in [0.29, 0.717) is 20.7 Å². The van der Waals surface area contributed by atoms with Crippen molar-refractivity contribution in [2.24, 2.45) is 0 Å². The summed E-state index contributed by atoms with van der Waals surface area (Å²) in [6, 6.07) is 16.5. The first kappa shape index (κ1) is 25.1. The predicted octanol–water partition coefficient (Wildman–Crippen LogP) is 6.63. The summed E-state index contributed by atoms with van der Waals surface area (Å²) in [5, 5.41) is 2.89. The third-order valence-electron chi connectivity index (χ3n) is 5.19. The topological polar surface area (TPSA) is 58.6 Å². The molecule has 1 heterocycles. The summed E-state index contributed by atoms with van der Waals surface area (Å²) in [5.74, 6) is -0.373. The van der Waals surface area contributed by atoms with E-state index in [2.05, 4.69) is 21.2 Å². The number of hydrogen-bond donors (Lipinski definition) is 1. The van der Waals surface area contributed by atoms with E-state index in [4.69, 9.17) is 17.0 Å². The molecule has 3 aromatic carbocycles. The van der Waals surface area contributed by atoms with Crippen molar-refractivity contribution in [3.63, 3.8) is 0 Å². The molecular weight excluding hydrogens is 551 g/mol. The number of halogens is 2. The van der Waals surface area contributed by atoms with E-state index in [-0.39, 0.29) is 24.2 Å². The van der Waals surface area contributed by atoms with Gasteiger partial charge in [-0.05, 0) is 85.1 Å². The Morgan fingerprint density at radius 2 is 1.74 bits per heavy atom. The Bertz CT molecular complexity index is 1320. The minimum absolute atomic E-state index is 0.134. The van der Waals surface area contributed by atoms with Gasteiger partial charge >= 0.3 is 0 Å². The monoisotopic (exact) mass is 570 g/mol. The molecule has 178 valence electrons. The van der Waals surface area contributed by atoms with Crippen molar-refractivity contribution in [3.05, 3.63) is 92.5 Å². The van der Waals surface area contributed by atoms with Crippen LogP contribution in [0.1, 0.15) is 16.7 Å². The minimum atomic E-state index is -0.381. The molecule has 0 atom stereocenters. The summed E-state index contributed by atoms with van der Waals surface area (Å²) >= 11 is 9.98. The molecule has 0 saturated carbocycles. The smallest absolute Gasteiger partial charge is 0.270 e. The third-order valence-corrected chi connectivity index (χ3v) is 6.95. The third kappa shape index (κ3) is 5.98. The van der Waals surface area contributed by atoms with Crippen molar-refractivity contribution in [2.45, 2.75) is 13.8 Å². The van der Waals surface area contributed by atoms with Gasteiger partial charge in [0.15, 0.2) is 10.9 Å². The predicted molar refractivity (Wildman–Crippen MR) is 146 cm³/mol. The van der Waals surface area contributed by atoms with Gasteiger partial charge in [0.05, 0.1) is 10.6 Å². The lowest BCUT2D eigenvalue weighted by Gasteiger charge is -2.14. The molecule has 0 spiro atoms. The van der Waals surface area contributed by atoms with Crippen LogP contribution in [-0.4, -0.2) is 22.7 Å². The molecule has 0 unspecified atom stereocenters. The van der Waals surface area contributed by atoms with Crippen LogP contribution in [0.15, 0.2) is 70.0 Å². The van der Waals surface area contributed by atoms with Gasteiger partial charge in [-0.15, -0.1) is 0 Å². The standard InChI is InChI=1S/C26H20BrFN2O3S2/c1-15-11-18(27)12-16(2)24(15)29-23(31)14-33-21-9-3-17(4-10-21)13-22-25(32)30(26(34)35-22)20-7-5-19(28)6-8-20/h3-13H,14H2,1-2H3,(H,29,31)/b22-13-. The highest BCUT2D eigenvalue weighted by Gasteiger charge is 2.33. The van der Waals surface area contributed by atoms with Crippen molar-refractivity contribution < 1.29 is 18.7 Å². The van der Waals surface area contributed by atoms with Crippen LogP contribution in [0.4, 0.5) is 15.8 Å². The second-order valence-electron chi connectivity index (χ2n) is 7.81. The number of carbonyl (C=O) groups excluding carboxylic acids is 2. The maximum absolute atomic E-state index is 13.2. The molecule has 1 aliphatic heterocycles. The number of anilines is 2. The van der Waals surface area contributed by atoms with Crippen molar-refractivity contribution in [3.8, 4) is 5.75 Å². The van der Waals surface area contributed by atoms with E-state index in [0.717, 1.165) is 26.9 Å². The van der Waals surface area contributed by atoms with Crippen molar-refractivity contribution in [1.29, 1.82) is 0 Å². The Morgan fingerprint density at radius 1 is 1.11 bits per heavy atom. The van der Waals surface area contributed by atoms with E-state index in [1.807, 2.05) is 26.0 Å². The molecule has 1 N–H and O–H groups in total. The zero-order valence-electron chi connectivity index (χ0n) is 18.8. The molecule has 2 amide bonds. The molecule has 0 radical (unpaired) electrons. The first-order valence-corrected chi connectivity index (χ1v) is 12.6.